The zero-order chi connectivity index (χ0) is 7.19. The van der Waals surface area contributed by atoms with Crippen LogP contribution in [0.2, 0.25) is 0 Å². The molecular formula is C8H12O2. The molecular weight excluding hydrogens is 128 g/mol. The molecule has 0 saturated heterocycles. The number of hydrogen-bond acceptors (Lipinski definition) is 2. The molecule has 0 heterocycles. The van der Waals surface area contributed by atoms with Gasteiger partial charge in [-0.3, -0.25) is 4.79 Å². The van der Waals surface area contributed by atoms with Gasteiger partial charge in [-0.15, -0.1) is 0 Å². The third kappa shape index (κ3) is 0.619. The Kier molecular flexibility index (Phi) is 1.08. The predicted octanol–water partition coefficient (Wildman–Crippen LogP) is 1.35. The summed E-state index contributed by atoms with van der Waals surface area (Å²) in [6.07, 6.45) is 4.83. The monoisotopic (exact) mass is 140 g/mol. The molecule has 0 radical (unpaired) electrons. The first-order chi connectivity index (χ1) is 4.78. The second kappa shape index (κ2) is 1.74. The number of ether oxygens (including phenoxy) is 1. The van der Waals surface area contributed by atoms with Crippen molar-refractivity contribution in [1.29, 1.82) is 0 Å². The molecule has 1 spiro atoms. The molecule has 2 aliphatic rings. The van der Waals surface area contributed by atoms with Crippen LogP contribution in [0.25, 0.3) is 0 Å². The van der Waals surface area contributed by atoms with Crippen molar-refractivity contribution in [3.63, 3.8) is 0 Å². The van der Waals surface area contributed by atoms with Crippen molar-refractivity contribution in [2.45, 2.75) is 25.7 Å². The van der Waals surface area contributed by atoms with E-state index in [0.717, 1.165) is 6.42 Å². The Morgan fingerprint density at radius 1 is 1.50 bits per heavy atom. The molecule has 2 nitrogen and oxygen atoms in total. The van der Waals surface area contributed by atoms with E-state index >= 15 is 0 Å². The van der Waals surface area contributed by atoms with Gasteiger partial charge in [-0.25, -0.2) is 0 Å². The molecule has 56 valence electrons. The molecule has 2 fully saturated rings. The van der Waals surface area contributed by atoms with Crippen molar-refractivity contribution < 1.29 is 9.53 Å². The number of esters is 1. The van der Waals surface area contributed by atoms with Crippen LogP contribution in [0.4, 0.5) is 0 Å². The molecule has 2 saturated carbocycles. The quantitative estimate of drug-likeness (QED) is 0.514. The third-order valence-electron chi connectivity index (χ3n) is 3.05. The Balaban J connectivity index is 2.00. The molecule has 0 bridgehead atoms. The number of methoxy groups -OCH3 is 1. The second-order valence-electron chi connectivity index (χ2n) is 3.48. The molecule has 1 unspecified atom stereocenters. The highest BCUT2D eigenvalue weighted by Gasteiger charge is 2.58. The molecule has 1 atom stereocenters. The van der Waals surface area contributed by atoms with Gasteiger partial charge in [-0.2, -0.15) is 0 Å². The summed E-state index contributed by atoms with van der Waals surface area (Å²) in [5.74, 6) is 0.279. The van der Waals surface area contributed by atoms with Gasteiger partial charge in [0.05, 0.1) is 13.0 Å². The van der Waals surface area contributed by atoms with Crippen LogP contribution in [0.5, 0.6) is 0 Å². The summed E-state index contributed by atoms with van der Waals surface area (Å²) in [6, 6.07) is 0. The fraction of sp³-hybridized carbons (Fsp3) is 0.875. The van der Waals surface area contributed by atoms with E-state index in [1.54, 1.807) is 0 Å². The van der Waals surface area contributed by atoms with Crippen molar-refractivity contribution >= 4 is 5.97 Å². The normalized spacial score (nSPS) is 33.1. The van der Waals surface area contributed by atoms with E-state index in [9.17, 15) is 4.79 Å². The van der Waals surface area contributed by atoms with E-state index in [2.05, 4.69) is 0 Å². The molecule has 0 aliphatic heterocycles. The lowest BCUT2D eigenvalue weighted by molar-refractivity contribution is -0.152. The van der Waals surface area contributed by atoms with Gasteiger partial charge >= 0.3 is 5.97 Å². The Labute approximate surface area is 60.6 Å². The molecule has 0 aromatic heterocycles. The van der Waals surface area contributed by atoms with Crippen LogP contribution in [0.15, 0.2) is 0 Å². The van der Waals surface area contributed by atoms with Crippen molar-refractivity contribution in [2.24, 2.45) is 11.3 Å². The van der Waals surface area contributed by atoms with Gasteiger partial charge in [0.1, 0.15) is 0 Å². The first-order valence-electron chi connectivity index (χ1n) is 3.86. The van der Waals surface area contributed by atoms with E-state index in [-0.39, 0.29) is 11.9 Å². The fourth-order valence-corrected chi connectivity index (χ4v) is 1.97. The van der Waals surface area contributed by atoms with Gasteiger partial charge in [0.15, 0.2) is 0 Å². The maximum Gasteiger partial charge on any atom is 0.309 e. The molecule has 2 heteroatoms. The minimum Gasteiger partial charge on any atom is -0.469 e. The highest BCUT2D eigenvalue weighted by Crippen LogP contribution is 2.64. The zero-order valence-corrected chi connectivity index (χ0v) is 6.22. The lowest BCUT2D eigenvalue weighted by Crippen LogP contribution is -2.35. The van der Waals surface area contributed by atoms with E-state index in [0.29, 0.717) is 5.41 Å². The van der Waals surface area contributed by atoms with Crippen molar-refractivity contribution in [1.82, 2.24) is 0 Å². The predicted molar refractivity (Wildman–Crippen MR) is 36.4 cm³/mol. The van der Waals surface area contributed by atoms with E-state index in [1.165, 1.54) is 26.4 Å². The number of rotatable bonds is 1. The van der Waals surface area contributed by atoms with Crippen LogP contribution >= 0.6 is 0 Å². The highest BCUT2D eigenvalue weighted by molar-refractivity contribution is 5.75. The van der Waals surface area contributed by atoms with E-state index < -0.39 is 0 Å². The molecule has 2 aliphatic carbocycles. The first-order valence-corrected chi connectivity index (χ1v) is 3.86. The number of hydrogen-bond donors (Lipinski definition) is 0. The van der Waals surface area contributed by atoms with Crippen LogP contribution < -0.4 is 0 Å². The smallest absolute Gasteiger partial charge is 0.309 e. The van der Waals surface area contributed by atoms with Crippen LogP contribution in [-0.2, 0) is 9.53 Å². The van der Waals surface area contributed by atoms with Crippen LogP contribution in [0, 0.1) is 11.3 Å². The standard InChI is InChI=1S/C8H12O2/c1-10-7(9)6-2-3-8(6)4-5-8/h6H,2-5H2,1H3. The first kappa shape index (κ1) is 6.20. The summed E-state index contributed by atoms with van der Waals surface area (Å²) < 4.78 is 4.69. The average Bonchev–Trinajstić information content (AvgIpc) is 2.65. The van der Waals surface area contributed by atoms with Gasteiger partial charge < -0.3 is 4.74 Å². The van der Waals surface area contributed by atoms with Gasteiger partial charge in [0.2, 0.25) is 0 Å². The molecule has 2 rings (SSSR count). The fourth-order valence-electron chi connectivity index (χ4n) is 1.97. The number of carbonyl (C=O) groups is 1. The molecule has 10 heavy (non-hydrogen) atoms. The summed E-state index contributed by atoms with van der Waals surface area (Å²) in [5, 5.41) is 0. The molecule has 0 aromatic carbocycles. The third-order valence-corrected chi connectivity index (χ3v) is 3.05. The molecule has 0 N–H and O–H groups in total. The largest absolute Gasteiger partial charge is 0.469 e. The van der Waals surface area contributed by atoms with Gasteiger partial charge in [-0.1, -0.05) is 0 Å². The minimum absolute atomic E-state index is 0.0174. The van der Waals surface area contributed by atoms with Crippen molar-refractivity contribution in [2.75, 3.05) is 7.11 Å². The van der Waals surface area contributed by atoms with Gasteiger partial charge in [0.25, 0.3) is 0 Å². The molecule has 0 amide bonds. The SMILES string of the molecule is COC(=O)C1CCC12CC2. The summed E-state index contributed by atoms with van der Waals surface area (Å²) in [5.41, 5.74) is 0.438. The highest BCUT2D eigenvalue weighted by atomic mass is 16.5. The summed E-state index contributed by atoms with van der Waals surface area (Å²) in [7, 11) is 1.48. The summed E-state index contributed by atoms with van der Waals surface area (Å²) >= 11 is 0. The lowest BCUT2D eigenvalue weighted by Gasteiger charge is -2.34. The summed E-state index contributed by atoms with van der Waals surface area (Å²) in [6.45, 7) is 0. The van der Waals surface area contributed by atoms with Crippen molar-refractivity contribution in [3.05, 3.63) is 0 Å². The van der Waals surface area contributed by atoms with E-state index in [4.69, 9.17) is 4.74 Å². The Morgan fingerprint density at radius 2 is 2.20 bits per heavy atom. The topological polar surface area (TPSA) is 26.3 Å². The van der Waals surface area contributed by atoms with Gasteiger partial charge in [-0.05, 0) is 31.1 Å². The van der Waals surface area contributed by atoms with Crippen molar-refractivity contribution in [3.8, 4) is 0 Å². The Bertz CT molecular complexity index is 170. The zero-order valence-electron chi connectivity index (χ0n) is 6.22. The van der Waals surface area contributed by atoms with Gasteiger partial charge in [0, 0.05) is 0 Å². The maximum atomic E-state index is 11.0. The molecule has 0 aromatic rings. The van der Waals surface area contributed by atoms with Crippen LogP contribution in [0.1, 0.15) is 25.7 Å². The maximum absolute atomic E-state index is 11.0. The van der Waals surface area contributed by atoms with Crippen LogP contribution in [-0.4, -0.2) is 13.1 Å². The minimum atomic E-state index is 0.0174. The van der Waals surface area contributed by atoms with E-state index in [1.807, 2.05) is 0 Å². The average molecular weight is 140 g/mol. The Morgan fingerprint density at radius 3 is 2.50 bits per heavy atom. The Hall–Kier alpha value is -0.530. The van der Waals surface area contributed by atoms with Crippen LogP contribution in [0.3, 0.4) is 0 Å². The second-order valence-corrected chi connectivity index (χ2v) is 3.48. The lowest BCUT2D eigenvalue weighted by atomic mass is 9.70. The summed E-state index contributed by atoms with van der Waals surface area (Å²) in [4.78, 5) is 11.0. The number of carbonyl (C=O) groups excluding carboxylic acids is 1.